The van der Waals surface area contributed by atoms with Crippen LogP contribution in [-0.2, 0) is 11.3 Å². The maximum atomic E-state index is 13.3. The van der Waals surface area contributed by atoms with Gasteiger partial charge in [0.1, 0.15) is 11.6 Å². The van der Waals surface area contributed by atoms with E-state index in [0.29, 0.717) is 25.2 Å². The quantitative estimate of drug-likeness (QED) is 0.837. The molecule has 0 bridgehead atoms. The Morgan fingerprint density at radius 3 is 2.36 bits per heavy atom. The van der Waals surface area contributed by atoms with Crippen molar-refractivity contribution in [2.24, 2.45) is 0 Å². The molecule has 25 heavy (non-hydrogen) atoms. The average molecular weight is 351 g/mol. The molecule has 0 saturated carbocycles. The van der Waals surface area contributed by atoms with Gasteiger partial charge in [0.25, 0.3) is 0 Å². The van der Waals surface area contributed by atoms with E-state index >= 15 is 0 Å². The Morgan fingerprint density at radius 1 is 1.00 bits per heavy atom. The van der Waals surface area contributed by atoms with Crippen LogP contribution in [0.15, 0.2) is 18.2 Å². The number of piperazine rings is 1. The van der Waals surface area contributed by atoms with Gasteiger partial charge in [-0.25, -0.2) is 8.78 Å². The molecule has 0 radical (unpaired) electrons. The van der Waals surface area contributed by atoms with Gasteiger partial charge in [-0.3, -0.25) is 14.6 Å². The molecule has 4 nitrogen and oxygen atoms in total. The van der Waals surface area contributed by atoms with E-state index in [-0.39, 0.29) is 11.9 Å². The van der Waals surface area contributed by atoms with Crippen LogP contribution in [0.5, 0.6) is 0 Å². The van der Waals surface area contributed by atoms with E-state index in [0.717, 1.165) is 45.0 Å². The molecule has 0 unspecified atom stereocenters. The maximum Gasteiger partial charge on any atom is 0.240 e. The van der Waals surface area contributed by atoms with E-state index in [2.05, 4.69) is 9.80 Å². The van der Waals surface area contributed by atoms with Crippen LogP contribution in [-0.4, -0.2) is 66.4 Å². The number of carbonyl (C=O) groups is 1. The number of likely N-dealkylation sites (N-methyl/N-ethyl adjacent to an activating group) is 1. The molecule has 1 atom stereocenters. The molecular formula is C19H27F2N3O. The number of halogens is 2. The standard InChI is InChI=1S/C19H27F2N3O/c1-22-6-4-2-3-5-18(22)19(25)24-9-7-23(8-10-24)14-15-11-16(20)13-17(21)12-15/h11-13,18H,2-10,14H2,1H3/t18-/m0/s1. The predicted octanol–water partition coefficient (Wildman–Crippen LogP) is 2.48. The molecule has 2 saturated heterocycles. The van der Waals surface area contributed by atoms with Crippen LogP contribution >= 0.6 is 0 Å². The molecule has 0 spiro atoms. The first kappa shape index (κ1) is 18.3. The van der Waals surface area contributed by atoms with Crippen molar-refractivity contribution < 1.29 is 13.6 Å². The third-order valence-corrected chi connectivity index (χ3v) is 5.32. The van der Waals surface area contributed by atoms with E-state index in [1.165, 1.54) is 18.6 Å². The second-order valence-electron chi connectivity index (χ2n) is 7.22. The first-order valence-corrected chi connectivity index (χ1v) is 9.19. The fourth-order valence-electron chi connectivity index (χ4n) is 3.86. The lowest BCUT2D eigenvalue weighted by molar-refractivity contribution is -0.138. The predicted molar refractivity (Wildman–Crippen MR) is 93.1 cm³/mol. The normalized spacial score (nSPS) is 23.5. The number of hydrogen-bond donors (Lipinski definition) is 0. The minimum Gasteiger partial charge on any atom is -0.339 e. The van der Waals surface area contributed by atoms with Gasteiger partial charge in [-0.1, -0.05) is 12.8 Å². The van der Waals surface area contributed by atoms with Gasteiger partial charge in [-0.05, 0) is 44.1 Å². The lowest BCUT2D eigenvalue weighted by Gasteiger charge is -2.38. The largest absolute Gasteiger partial charge is 0.339 e. The maximum absolute atomic E-state index is 13.3. The van der Waals surface area contributed by atoms with Crippen LogP contribution in [0.4, 0.5) is 8.78 Å². The summed E-state index contributed by atoms with van der Waals surface area (Å²) in [7, 11) is 2.04. The molecule has 2 heterocycles. The highest BCUT2D eigenvalue weighted by Crippen LogP contribution is 2.19. The molecule has 2 aliphatic heterocycles. The number of likely N-dealkylation sites (tertiary alicyclic amines) is 1. The van der Waals surface area contributed by atoms with Crippen molar-refractivity contribution in [2.75, 3.05) is 39.8 Å². The van der Waals surface area contributed by atoms with Gasteiger partial charge in [0.15, 0.2) is 0 Å². The molecule has 2 aliphatic rings. The molecule has 2 fully saturated rings. The number of amides is 1. The topological polar surface area (TPSA) is 26.8 Å². The van der Waals surface area contributed by atoms with Crippen molar-refractivity contribution >= 4 is 5.91 Å². The number of nitrogens with zero attached hydrogens (tertiary/aromatic N) is 3. The summed E-state index contributed by atoms with van der Waals surface area (Å²) in [6, 6.07) is 3.65. The Kier molecular flexibility index (Phi) is 6.02. The first-order valence-electron chi connectivity index (χ1n) is 9.19. The molecule has 6 heteroatoms. The fourth-order valence-corrected chi connectivity index (χ4v) is 3.86. The molecule has 0 N–H and O–H groups in total. The summed E-state index contributed by atoms with van der Waals surface area (Å²) in [5.41, 5.74) is 0.640. The Morgan fingerprint density at radius 2 is 1.68 bits per heavy atom. The van der Waals surface area contributed by atoms with E-state index in [1.54, 1.807) is 0 Å². The molecule has 138 valence electrons. The van der Waals surface area contributed by atoms with E-state index < -0.39 is 11.6 Å². The molecule has 0 aromatic heterocycles. The van der Waals surface area contributed by atoms with Crippen molar-refractivity contribution in [1.29, 1.82) is 0 Å². The summed E-state index contributed by atoms with van der Waals surface area (Å²) < 4.78 is 26.6. The minimum atomic E-state index is -0.541. The smallest absolute Gasteiger partial charge is 0.240 e. The van der Waals surface area contributed by atoms with E-state index in [1.807, 2.05) is 11.9 Å². The number of benzene rings is 1. The zero-order valence-corrected chi connectivity index (χ0v) is 14.9. The molecule has 3 rings (SSSR count). The van der Waals surface area contributed by atoms with Gasteiger partial charge in [0.05, 0.1) is 6.04 Å². The Balaban J connectivity index is 1.53. The molecule has 0 aliphatic carbocycles. The lowest BCUT2D eigenvalue weighted by atomic mass is 10.1. The first-order chi connectivity index (χ1) is 12.0. The Bertz CT molecular complexity index is 582. The molecular weight excluding hydrogens is 324 g/mol. The van der Waals surface area contributed by atoms with Crippen LogP contribution in [0.2, 0.25) is 0 Å². The van der Waals surface area contributed by atoms with E-state index in [9.17, 15) is 13.6 Å². The number of rotatable bonds is 3. The zero-order chi connectivity index (χ0) is 17.8. The zero-order valence-electron chi connectivity index (χ0n) is 14.9. The fraction of sp³-hybridized carbons (Fsp3) is 0.632. The lowest BCUT2D eigenvalue weighted by Crippen LogP contribution is -2.54. The SMILES string of the molecule is CN1CCCCC[C@H]1C(=O)N1CCN(Cc2cc(F)cc(F)c2)CC1. The van der Waals surface area contributed by atoms with Crippen LogP contribution in [0, 0.1) is 11.6 Å². The molecule has 1 amide bonds. The number of hydrogen-bond acceptors (Lipinski definition) is 3. The van der Waals surface area contributed by atoms with Gasteiger partial charge in [-0.2, -0.15) is 0 Å². The summed E-state index contributed by atoms with van der Waals surface area (Å²) in [5.74, 6) is -0.846. The Labute approximate surface area is 148 Å². The second-order valence-corrected chi connectivity index (χ2v) is 7.22. The highest BCUT2D eigenvalue weighted by Gasteiger charge is 2.30. The van der Waals surface area contributed by atoms with Crippen molar-refractivity contribution in [3.05, 3.63) is 35.4 Å². The van der Waals surface area contributed by atoms with Crippen molar-refractivity contribution in [3.8, 4) is 0 Å². The van der Waals surface area contributed by atoms with Gasteiger partial charge in [0, 0.05) is 38.8 Å². The van der Waals surface area contributed by atoms with Crippen LogP contribution in [0.25, 0.3) is 0 Å². The minimum absolute atomic E-state index is 0.00589. The third-order valence-electron chi connectivity index (χ3n) is 5.32. The van der Waals surface area contributed by atoms with Crippen LogP contribution in [0.3, 0.4) is 0 Å². The molecule has 1 aromatic carbocycles. The van der Waals surface area contributed by atoms with E-state index in [4.69, 9.17) is 0 Å². The average Bonchev–Trinajstić information content (AvgIpc) is 2.78. The van der Waals surface area contributed by atoms with Gasteiger partial charge in [0.2, 0.25) is 5.91 Å². The summed E-state index contributed by atoms with van der Waals surface area (Å²) >= 11 is 0. The summed E-state index contributed by atoms with van der Waals surface area (Å²) in [6.07, 6.45) is 4.42. The van der Waals surface area contributed by atoms with Crippen molar-refractivity contribution in [3.63, 3.8) is 0 Å². The Hall–Kier alpha value is -1.53. The second kappa shape index (κ2) is 8.23. The highest BCUT2D eigenvalue weighted by atomic mass is 19.1. The summed E-state index contributed by atoms with van der Waals surface area (Å²) in [4.78, 5) is 19.1. The van der Waals surface area contributed by atoms with Crippen LogP contribution < -0.4 is 0 Å². The monoisotopic (exact) mass is 351 g/mol. The summed E-state index contributed by atoms with van der Waals surface area (Å²) in [6.45, 7) is 4.34. The third kappa shape index (κ3) is 4.76. The van der Waals surface area contributed by atoms with Crippen molar-refractivity contribution in [1.82, 2.24) is 14.7 Å². The highest BCUT2D eigenvalue weighted by molar-refractivity contribution is 5.82. The summed E-state index contributed by atoms with van der Waals surface area (Å²) in [5, 5.41) is 0. The number of carbonyl (C=O) groups excluding carboxylic acids is 1. The van der Waals surface area contributed by atoms with Gasteiger partial charge < -0.3 is 4.90 Å². The van der Waals surface area contributed by atoms with Gasteiger partial charge >= 0.3 is 0 Å². The molecule has 1 aromatic rings. The van der Waals surface area contributed by atoms with Crippen LogP contribution in [0.1, 0.15) is 31.2 Å². The van der Waals surface area contributed by atoms with Gasteiger partial charge in [-0.15, -0.1) is 0 Å². The van der Waals surface area contributed by atoms with Crippen molar-refractivity contribution in [2.45, 2.75) is 38.3 Å².